The van der Waals surface area contributed by atoms with Crippen LogP contribution in [0.2, 0.25) is 0 Å². The zero-order valence-corrected chi connectivity index (χ0v) is 10.1. The molecule has 1 heterocycles. The molecule has 0 atom stereocenters. The van der Waals surface area contributed by atoms with Gasteiger partial charge in [-0.1, -0.05) is 0 Å². The average molecular weight is 295 g/mol. The number of hydrogen-bond acceptors (Lipinski definition) is 3. The number of rotatable bonds is 2. The van der Waals surface area contributed by atoms with Crippen molar-refractivity contribution in [1.29, 1.82) is 5.26 Å². The Morgan fingerprint density at radius 1 is 1.14 bits per heavy atom. The first-order chi connectivity index (χ1) is 9.93. The van der Waals surface area contributed by atoms with Gasteiger partial charge in [0.05, 0.1) is 5.56 Å². The molecule has 1 aromatic carbocycles. The maximum atomic E-state index is 13.4. The number of nitriles is 1. The van der Waals surface area contributed by atoms with Crippen molar-refractivity contribution in [2.45, 2.75) is 0 Å². The minimum Gasteiger partial charge on any atom is -0.316 e. The first-order valence-electron chi connectivity index (χ1n) is 5.44. The molecule has 1 amide bonds. The Morgan fingerprint density at radius 3 is 2.24 bits per heavy atom. The molecule has 0 radical (unpaired) electrons. The van der Waals surface area contributed by atoms with Gasteiger partial charge in [0.2, 0.25) is 0 Å². The number of amides is 1. The zero-order chi connectivity index (χ0) is 15.6. The molecule has 0 saturated heterocycles. The number of pyridine rings is 1. The predicted octanol–water partition coefficient (Wildman–Crippen LogP) is 2.76. The number of nitrogens with one attached hydrogen (secondary N) is 1. The van der Waals surface area contributed by atoms with Gasteiger partial charge in [-0.15, -0.1) is 0 Å². The molecule has 0 bridgehead atoms. The molecule has 21 heavy (non-hydrogen) atoms. The van der Waals surface area contributed by atoms with E-state index in [1.54, 1.807) is 11.4 Å². The van der Waals surface area contributed by atoms with Crippen molar-refractivity contribution < 1.29 is 22.4 Å². The summed E-state index contributed by atoms with van der Waals surface area (Å²) < 4.78 is 52.7. The molecule has 4 nitrogen and oxygen atoms in total. The SMILES string of the molecule is N#Cc1ccc(C(=O)Nc2c(F)c(F)cc(F)c2F)nc1. The molecule has 0 aliphatic heterocycles. The maximum Gasteiger partial charge on any atom is 0.274 e. The van der Waals surface area contributed by atoms with Crippen molar-refractivity contribution >= 4 is 11.6 Å². The van der Waals surface area contributed by atoms with Crippen molar-refractivity contribution in [1.82, 2.24) is 4.98 Å². The average Bonchev–Trinajstić information content (AvgIpc) is 2.49. The summed E-state index contributed by atoms with van der Waals surface area (Å²) in [6, 6.07) is 4.17. The monoisotopic (exact) mass is 295 g/mol. The highest BCUT2D eigenvalue weighted by Crippen LogP contribution is 2.24. The van der Waals surface area contributed by atoms with Crippen LogP contribution in [0.15, 0.2) is 24.4 Å². The predicted molar refractivity (Wildman–Crippen MR) is 63.2 cm³/mol. The molecule has 106 valence electrons. The summed E-state index contributed by atoms with van der Waals surface area (Å²) in [7, 11) is 0. The molecule has 1 N–H and O–H groups in total. The second-order valence-electron chi connectivity index (χ2n) is 3.84. The van der Waals surface area contributed by atoms with Crippen LogP contribution in [0.3, 0.4) is 0 Å². The minimum atomic E-state index is -1.73. The Balaban J connectivity index is 2.33. The van der Waals surface area contributed by atoms with Crippen LogP contribution in [-0.2, 0) is 0 Å². The third-order valence-electron chi connectivity index (χ3n) is 2.48. The lowest BCUT2D eigenvalue weighted by molar-refractivity contribution is 0.102. The van der Waals surface area contributed by atoms with E-state index < -0.39 is 34.9 Å². The number of nitrogens with zero attached hydrogens (tertiary/aromatic N) is 2. The van der Waals surface area contributed by atoms with E-state index in [4.69, 9.17) is 5.26 Å². The van der Waals surface area contributed by atoms with E-state index in [1.807, 2.05) is 0 Å². The molecule has 2 aromatic rings. The molecule has 0 unspecified atom stereocenters. The van der Waals surface area contributed by atoms with Gasteiger partial charge in [-0.3, -0.25) is 4.79 Å². The topological polar surface area (TPSA) is 65.8 Å². The van der Waals surface area contributed by atoms with E-state index in [0.717, 1.165) is 12.3 Å². The number of anilines is 1. The van der Waals surface area contributed by atoms with Crippen molar-refractivity contribution in [3.05, 3.63) is 58.9 Å². The fourth-order valence-corrected chi connectivity index (χ4v) is 1.45. The van der Waals surface area contributed by atoms with Gasteiger partial charge >= 0.3 is 0 Å². The number of carbonyl (C=O) groups excluding carboxylic acids is 1. The summed E-state index contributed by atoms with van der Waals surface area (Å²) in [5, 5.41) is 10.3. The largest absolute Gasteiger partial charge is 0.316 e. The highest BCUT2D eigenvalue weighted by atomic mass is 19.2. The molecule has 0 fully saturated rings. The Labute approximate surface area is 115 Å². The van der Waals surface area contributed by atoms with E-state index in [0.29, 0.717) is 0 Å². The van der Waals surface area contributed by atoms with Crippen LogP contribution < -0.4 is 5.32 Å². The van der Waals surface area contributed by atoms with Gasteiger partial charge in [-0.2, -0.15) is 5.26 Å². The highest BCUT2D eigenvalue weighted by molar-refractivity contribution is 6.03. The standard InChI is InChI=1S/C13H5F4N3O/c14-7-3-8(15)11(17)12(10(7)16)20-13(21)9-2-1-6(4-18)5-19-9/h1-3,5H,(H,20,21). The van der Waals surface area contributed by atoms with Gasteiger partial charge in [0.1, 0.15) is 17.5 Å². The molecule has 0 aliphatic carbocycles. The Hall–Kier alpha value is -2.95. The van der Waals surface area contributed by atoms with Crippen LogP contribution in [0.4, 0.5) is 23.2 Å². The van der Waals surface area contributed by atoms with Crippen molar-refractivity contribution in [2.24, 2.45) is 0 Å². The summed E-state index contributed by atoms with van der Waals surface area (Å²) in [5.74, 6) is -7.82. The van der Waals surface area contributed by atoms with E-state index in [-0.39, 0.29) is 17.3 Å². The fourth-order valence-electron chi connectivity index (χ4n) is 1.45. The number of halogens is 4. The van der Waals surface area contributed by atoms with E-state index in [1.165, 1.54) is 6.07 Å². The second-order valence-corrected chi connectivity index (χ2v) is 3.84. The van der Waals surface area contributed by atoms with Crippen molar-refractivity contribution in [3.63, 3.8) is 0 Å². The van der Waals surface area contributed by atoms with Crippen LogP contribution in [-0.4, -0.2) is 10.9 Å². The van der Waals surface area contributed by atoms with E-state index >= 15 is 0 Å². The lowest BCUT2D eigenvalue weighted by atomic mass is 10.2. The lowest BCUT2D eigenvalue weighted by Gasteiger charge is -2.08. The molecular weight excluding hydrogens is 290 g/mol. The van der Waals surface area contributed by atoms with Crippen molar-refractivity contribution in [2.75, 3.05) is 5.32 Å². The first-order valence-corrected chi connectivity index (χ1v) is 5.44. The third kappa shape index (κ3) is 2.81. The summed E-state index contributed by atoms with van der Waals surface area (Å²) in [6.07, 6.45) is 1.06. The third-order valence-corrected chi connectivity index (χ3v) is 2.48. The van der Waals surface area contributed by atoms with Gasteiger partial charge in [-0.25, -0.2) is 22.5 Å². The normalized spacial score (nSPS) is 10.0. The summed E-state index contributed by atoms with van der Waals surface area (Å²) >= 11 is 0. The molecule has 0 saturated carbocycles. The summed E-state index contributed by atoms with van der Waals surface area (Å²) in [4.78, 5) is 15.3. The second kappa shape index (κ2) is 5.58. The van der Waals surface area contributed by atoms with Crippen molar-refractivity contribution in [3.8, 4) is 6.07 Å². The van der Waals surface area contributed by atoms with Crippen LogP contribution in [0.5, 0.6) is 0 Å². The molecule has 1 aromatic heterocycles. The molecule has 0 spiro atoms. The number of aromatic nitrogens is 1. The van der Waals surface area contributed by atoms with Gasteiger partial charge in [0.15, 0.2) is 23.3 Å². The number of hydrogen-bond donors (Lipinski definition) is 1. The summed E-state index contributed by atoms with van der Waals surface area (Å²) in [6.45, 7) is 0. The smallest absolute Gasteiger partial charge is 0.274 e. The van der Waals surface area contributed by atoms with Gasteiger partial charge in [-0.05, 0) is 12.1 Å². The van der Waals surface area contributed by atoms with E-state index in [2.05, 4.69) is 4.98 Å². The Kier molecular flexibility index (Phi) is 3.84. The van der Waals surface area contributed by atoms with Crippen LogP contribution in [0.1, 0.15) is 16.1 Å². The highest BCUT2D eigenvalue weighted by Gasteiger charge is 2.21. The van der Waals surface area contributed by atoms with Crippen LogP contribution >= 0.6 is 0 Å². The Morgan fingerprint density at radius 2 is 1.76 bits per heavy atom. The van der Waals surface area contributed by atoms with Crippen LogP contribution in [0.25, 0.3) is 0 Å². The Bertz CT molecular complexity index is 727. The molecular formula is C13H5F4N3O. The first kappa shape index (κ1) is 14.5. The van der Waals surface area contributed by atoms with Crippen LogP contribution in [0, 0.1) is 34.6 Å². The van der Waals surface area contributed by atoms with Gasteiger partial charge < -0.3 is 5.32 Å². The van der Waals surface area contributed by atoms with Gasteiger partial charge in [0.25, 0.3) is 5.91 Å². The lowest BCUT2D eigenvalue weighted by Crippen LogP contribution is -2.17. The minimum absolute atomic E-state index is 0.0281. The summed E-state index contributed by atoms with van der Waals surface area (Å²) in [5.41, 5.74) is -1.36. The number of carbonyl (C=O) groups is 1. The molecule has 0 aliphatic rings. The zero-order valence-electron chi connectivity index (χ0n) is 10.1. The van der Waals surface area contributed by atoms with E-state index in [9.17, 15) is 22.4 Å². The fraction of sp³-hybridized carbons (Fsp3) is 0. The van der Waals surface area contributed by atoms with Gasteiger partial charge in [0, 0.05) is 12.3 Å². The quantitative estimate of drug-likeness (QED) is 0.684. The molecule has 2 rings (SSSR count). The maximum absolute atomic E-state index is 13.4. The number of benzene rings is 1. The molecule has 8 heteroatoms.